The Bertz CT molecular complexity index is 1040. The van der Waals surface area contributed by atoms with E-state index in [1.54, 1.807) is 12.0 Å². The van der Waals surface area contributed by atoms with Gasteiger partial charge in [0, 0.05) is 32.7 Å². The zero-order chi connectivity index (χ0) is 24.9. The van der Waals surface area contributed by atoms with Crippen molar-refractivity contribution >= 4 is 16.3 Å². The molecule has 1 saturated heterocycles. The van der Waals surface area contributed by atoms with E-state index in [0.29, 0.717) is 18.6 Å². The number of likely N-dealkylation sites (tertiary alicyclic amines) is 1. The smallest absolute Gasteiger partial charge is 0.410 e. The van der Waals surface area contributed by atoms with Gasteiger partial charge in [-0.3, -0.25) is 0 Å². The Balaban J connectivity index is 1.85. The van der Waals surface area contributed by atoms with Crippen LogP contribution in [0.25, 0.3) is 0 Å². The zero-order valence-electron chi connectivity index (χ0n) is 20.5. The maximum absolute atomic E-state index is 13.4. The number of methoxy groups -OCH3 is 1. The molecule has 0 unspecified atom stereocenters. The van der Waals surface area contributed by atoms with Crippen molar-refractivity contribution in [3.8, 4) is 5.75 Å². The first kappa shape index (κ1) is 26.0. The van der Waals surface area contributed by atoms with Gasteiger partial charge in [-0.1, -0.05) is 49.4 Å². The second-order valence-electron chi connectivity index (χ2n) is 8.76. The maximum Gasteiger partial charge on any atom is 0.410 e. The molecule has 34 heavy (non-hydrogen) atoms. The van der Waals surface area contributed by atoms with E-state index in [1.165, 1.54) is 22.7 Å². The number of hydrogen-bond donors (Lipinski definition) is 0. The van der Waals surface area contributed by atoms with Crippen molar-refractivity contribution in [2.45, 2.75) is 58.0 Å². The maximum atomic E-state index is 13.4. The van der Waals surface area contributed by atoms with Gasteiger partial charge < -0.3 is 14.4 Å². The summed E-state index contributed by atoms with van der Waals surface area (Å²) >= 11 is 0. The first-order chi connectivity index (χ1) is 16.2. The predicted molar refractivity (Wildman–Crippen MR) is 132 cm³/mol. The average molecular weight is 490 g/mol. The van der Waals surface area contributed by atoms with Crippen molar-refractivity contribution in [2.24, 2.45) is 0 Å². The van der Waals surface area contributed by atoms with E-state index < -0.39 is 16.3 Å². The standard InChI is InChI=1S/C25H35N3O5S/c1-6-23-24(16-19(2)28(23)25(29)33-18-21-10-8-7-9-11-21)27(34(30,31)26(3)4)17-20-12-14-22(32-5)15-13-20/h7-15,19,23-24H,6,16-18H2,1-5H3/t19-,23+,24+/m1/s1. The molecule has 2 aromatic carbocycles. The number of ether oxygens (including phenoxy) is 2. The minimum Gasteiger partial charge on any atom is -0.497 e. The molecule has 0 N–H and O–H groups in total. The van der Waals surface area contributed by atoms with Crippen LogP contribution >= 0.6 is 0 Å². The van der Waals surface area contributed by atoms with Crippen LogP contribution in [0.15, 0.2) is 54.6 Å². The highest BCUT2D eigenvalue weighted by atomic mass is 32.2. The number of carbonyl (C=O) groups excluding carboxylic acids is 1. The fourth-order valence-electron chi connectivity index (χ4n) is 4.51. The Hall–Kier alpha value is -2.62. The number of amides is 1. The van der Waals surface area contributed by atoms with E-state index in [4.69, 9.17) is 9.47 Å². The molecule has 3 rings (SSSR count). The van der Waals surface area contributed by atoms with Gasteiger partial charge in [0.25, 0.3) is 10.2 Å². The second-order valence-corrected chi connectivity index (χ2v) is 10.9. The summed E-state index contributed by atoms with van der Waals surface area (Å²) < 4.78 is 40.4. The lowest BCUT2D eigenvalue weighted by molar-refractivity contribution is 0.0748. The third-order valence-electron chi connectivity index (χ3n) is 6.32. The molecule has 0 radical (unpaired) electrons. The van der Waals surface area contributed by atoms with Gasteiger partial charge in [-0.05, 0) is 43.0 Å². The predicted octanol–water partition coefficient (Wildman–Crippen LogP) is 3.88. The number of rotatable bonds is 9. The molecule has 186 valence electrons. The first-order valence-electron chi connectivity index (χ1n) is 11.5. The minimum absolute atomic E-state index is 0.158. The number of hydrogen-bond acceptors (Lipinski definition) is 5. The molecule has 8 nitrogen and oxygen atoms in total. The Labute approximate surface area is 203 Å². The van der Waals surface area contributed by atoms with Gasteiger partial charge in [-0.2, -0.15) is 17.0 Å². The summed E-state index contributed by atoms with van der Waals surface area (Å²) in [5.74, 6) is 0.707. The largest absolute Gasteiger partial charge is 0.497 e. The third-order valence-corrected chi connectivity index (χ3v) is 8.23. The summed E-state index contributed by atoms with van der Waals surface area (Å²) in [4.78, 5) is 14.8. The van der Waals surface area contributed by atoms with Gasteiger partial charge in [0.2, 0.25) is 0 Å². The van der Waals surface area contributed by atoms with Crippen LogP contribution in [0.1, 0.15) is 37.8 Å². The molecule has 1 fully saturated rings. The molecular formula is C25H35N3O5S. The summed E-state index contributed by atoms with van der Waals surface area (Å²) in [6.07, 6.45) is 0.719. The highest BCUT2D eigenvalue weighted by Gasteiger charge is 2.47. The minimum atomic E-state index is -3.75. The van der Waals surface area contributed by atoms with E-state index in [0.717, 1.165) is 11.1 Å². The van der Waals surface area contributed by atoms with E-state index in [9.17, 15) is 13.2 Å². The lowest BCUT2D eigenvalue weighted by atomic mass is 10.1. The van der Waals surface area contributed by atoms with Crippen molar-refractivity contribution in [1.82, 2.24) is 13.5 Å². The molecule has 0 bridgehead atoms. The highest BCUT2D eigenvalue weighted by Crippen LogP contribution is 2.34. The molecule has 0 spiro atoms. The number of nitrogens with zero attached hydrogens (tertiary/aromatic N) is 3. The van der Waals surface area contributed by atoms with Crippen LogP contribution in [-0.4, -0.2) is 67.4 Å². The van der Waals surface area contributed by atoms with Crippen LogP contribution < -0.4 is 4.74 Å². The summed E-state index contributed by atoms with van der Waals surface area (Å²) in [6.45, 7) is 4.29. The van der Waals surface area contributed by atoms with E-state index in [1.807, 2.05) is 68.4 Å². The lowest BCUT2D eigenvalue weighted by Crippen LogP contribution is -2.51. The Morgan fingerprint density at radius 3 is 2.26 bits per heavy atom. The van der Waals surface area contributed by atoms with Crippen molar-refractivity contribution in [3.63, 3.8) is 0 Å². The molecule has 1 amide bonds. The molecule has 1 heterocycles. The van der Waals surface area contributed by atoms with Gasteiger partial charge in [0.1, 0.15) is 12.4 Å². The third kappa shape index (κ3) is 5.71. The van der Waals surface area contributed by atoms with Gasteiger partial charge in [-0.15, -0.1) is 0 Å². The molecule has 1 aliphatic heterocycles. The van der Waals surface area contributed by atoms with Crippen LogP contribution in [0.2, 0.25) is 0 Å². The second kappa shape index (κ2) is 11.2. The molecular weight excluding hydrogens is 454 g/mol. The Morgan fingerprint density at radius 1 is 1.06 bits per heavy atom. The number of carbonyl (C=O) groups is 1. The van der Waals surface area contributed by atoms with Crippen LogP contribution in [-0.2, 0) is 28.1 Å². The van der Waals surface area contributed by atoms with E-state index in [-0.39, 0.29) is 31.3 Å². The van der Waals surface area contributed by atoms with Crippen molar-refractivity contribution in [1.29, 1.82) is 0 Å². The van der Waals surface area contributed by atoms with Gasteiger partial charge in [-0.25, -0.2) is 4.79 Å². The fourth-order valence-corrected chi connectivity index (χ4v) is 5.81. The van der Waals surface area contributed by atoms with E-state index >= 15 is 0 Å². The molecule has 9 heteroatoms. The molecule has 0 saturated carbocycles. The summed E-state index contributed by atoms with van der Waals surface area (Å²) in [5.41, 5.74) is 1.75. The van der Waals surface area contributed by atoms with Crippen LogP contribution in [0.3, 0.4) is 0 Å². The lowest BCUT2D eigenvalue weighted by Gasteiger charge is -2.35. The summed E-state index contributed by atoms with van der Waals surface area (Å²) in [5, 5.41) is 0. The molecule has 0 aliphatic carbocycles. The molecule has 2 aromatic rings. The van der Waals surface area contributed by atoms with Crippen molar-refractivity contribution in [2.75, 3.05) is 21.2 Å². The molecule has 1 aliphatic rings. The zero-order valence-corrected chi connectivity index (χ0v) is 21.4. The monoisotopic (exact) mass is 489 g/mol. The van der Waals surface area contributed by atoms with Crippen LogP contribution in [0, 0.1) is 0 Å². The van der Waals surface area contributed by atoms with Crippen LogP contribution in [0.5, 0.6) is 5.75 Å². The Kier molecular flexibility index (Phi) is 8.57. The summed E-state index contributed by atoms with van der Waals surface area (Å²) in [7, 11) is 0.901. The van der Waals surface area contributed by atoms with Gasteiger partial charge >= 0.3 is 6.09 Å². The fraction of sp³-hybridized carbons (Fsp3) is 0.480. The molecule has 3 atom stereocenters. The van der Waals surface area contributed by atoms with Crippen molar-refractivity contribution in [3.05, 3.63) is 65.7 Å². The van der Waals surface area contributed by atoms with Crippen LogP contribution in [0.4, 0.5) is 4.79 Å². The molecule has 0 aromatic heterocycles. The summed E-state index contributed by atoms with van der Waals surface area (Å²) in [6, 6.07) is 16.0. The highest BCUT2D eigenvalue weighted by molar-refractivity contribution is 7.86. The quantitative estimate of drug-likeness (QED) is 0.534. The van der Waals surface area contributed by atoms with Crippen molar-refractivity contribution < 1.29 is 22.7 Å². The van der Waals surface area contributed by atoms with Gasteiger partial charge in [0.05, 0.1) is 13.2 Å². The normalized spacial score (nSPS) is 20.7. The average Bonchev–Trinajstić information content (AvgIpc) is 3.17. The SMILES string of the molecule is CC[C@H]1[C@@H](N(Cc2ccc(OC)cc2)S(=O)(=O)N(C)C)C[C@@H](C)N1C(=O)OCc1ccccc1. The number of benzene rings is 2. The first-order valence-corrected chi connectivity index (χ1v) is 12.9. The van der Waals surface area contributed by atoms with E-state index in [2.05, 4.69) is 0 Å². The topological polar surface area (TPSA) is 79.4 Å². The van der Waals surface area contributed by atoms with Gasteiger partial charge in [0.15, 0.2) is 0 Å². The Morgan fingerprint density at radius 2 is 1.71 bits per heavy atom.